The van der Waals surface area contributed by atoms with Gasteiger partial charge in [0.05, 0.1) is 24.3 Å². The number of carbonyl (C=O) groups excluding carboxylic acids is 1. The number of aryl methyl sites for hydroxylation is 1. The predicted octanol–water partition coefficient (Wildman–Crippen LogP) is 4.34. The molecule has 1 N–H and O–H groups in total. The van der Waals surface area contributed by atoms with E-state index in [1.807, 2.05) is 29.4 Å². The molecule has 4 aliphatic rings. The highest BCUT2D eigenvalue weighted by Gasteiger charge is 2.55. The summed E-state index contributed by atoms with van der Waals surface area (Å²) in [5.74, 6) is 2.26. The molecule has 0 radical (unpaired) electrons. The van der Waals surface area contributed by atoms with Crippen molar-refractivity contribution < 1.29 is 24.3 Å². The van der Waals surface area contributed by atoms with Crippen LogP contribution in [0.15, 0.2) is 47.9 Å². The van der Waals surface area contributed by atoms with E-state index in [1.54, 1.807) is 0 Å². The van der Waals surface area contributed by atoms with Crippen molar-refractivity contribution >= 4 is 29.2 Å². The molecule has 6 rings (SSSR count). The molecule has 4 heterocycles. The summed E-state index contributed by atoms with van der Waals surface area (Å²) in [6.45, 7) is 6.30. The minimum atomic E-state index is -0.942. The number of ether oxygens (including phenoxy) is 1. The van der Waals surface area contributed by atoms with Gasteiger partial charge < -0.3 is 29.4 Å². The number of carboxylic acid groups (broad SMARTS) is 1. The summed E-state index contributed by atoms with van der Waals surface area (Å²) in [5.41, 5.74) is 3.93. The summed E-state index contributed by atoms with van der Waals surface area (Å²) in [5, 5.41) is 13.5. The minimum Gasteiger partial charge on any atom is -0.493 e. The lowest BCUT2D eigenvalue weighted by Gasteiger charge is -2.45. The van der Waals surface area contributed by atoms with E-state index in [9.17, 15) is 14.7 Å². The Morgan fingerprint density at radius 2 is 1.75 bits per heavy atom. The van der Waals surface area contributed by atoms with E-state index in [2.05, 4.69) is 45.2 Å². The third-order valence-electron chi connectivity index (χ3n) is 9.69. The van der Waals surface area contributed by atoms with Gasteiger partial charge in [0.25, 0.3) is 0 Å². The lowest BCUT2D eigenvalue weighted by molar-refractivity contribution is -0.135. The van der Waals surface area contributed by atoms with E-state index in [0.717, 1.165) is 68.2 Å². The van der Waals surface area contributed by atoms with Crippen LogP contribution in [0.3, 0.4) is 0 Å². The number of likely N-dealkylation sites (tertiary alicyclic amines) is 2. The van der Waals surface area contributed by atoms with Crippen LogP contribution in [-0.2, 0) is 16.1 Å². The summed E-state index contributed by atoms with van der Waals surface area (Å²) in [4.78, 5) is 44.3. The molecule has 0 saturated carbocycles. The van der Waals surface area contributed by atoms with Crippen LogP contribution in [0, 0.1) is 17.3 Å². The zero-order valence-electron chi connectivity index (χ0n) is 25.7. The number of hydrogen-bond acceptors (Lipinski definition) is 8. The number of hydrogen-bond donors (Lipinski definition) is 1. The largest absolute Gasteiger partial charge is 0.493 e. The number of allylic oxidation sites excluding steroid dienone is 2. The molecule has 3 aliphatic heterocycles. The maximum Gasteiger partial charge on any atom is 0.407 e. The number of aromatic nitrogens is 2. The molecular formula is C33H42N6O5. The first kappa shape index (κ1) is 29.9. The molecule has 3 saturated heterocycles. The molecule has 2 aromatic rings. The van der Waals surface area contributed by atoms with Gasteiger partial charge in [-0.15, -0.1) is 0 Å². The highest BCUT2D eigenvalue weighted by Crippen LogP contribution is 2.40. The zero-order valence-corrected chi connectivity index (χ0v) is 25.7. The topological polar surface area (TPSA) is 121 Å². The van der Waals surface area contributed by atoms with E-state index in [1.165, 1.54) is 23.1 Å². The molecule has 1 unspecified atom stereocenters. The van der Waals surface area contributed by atoms with Gasteiger partial charge in [0.2, 0.25) is 11.9 Å². The van der Waals surface area contributed by atoms with Crippen LogP contribution >= 0.6 is 0 Å². The van der Waals surface area contributed by atoms with Gasteiger partial charge >= 0.3 is 6.09 Å². The van der Waals surface area contributed by atoms with Crippen molar-refractivity contribution in [3.8, 4) is 5.75 Å². The van der Waals surface area contributed by atoms with E-state index in [4.69, 9.17) is 9.57 Å². The molecule has 1 aliphatic carbocycles. The molecule has 44 heavy (non-hydrogen) atoms. The predicted molar refractivity (Wildman–Crippen MR) is 167 cm³/mol. The molecule has 1 aromatic heterocycles. The van der Waals surface area contributed by atoms with Crippen LogP contribution < -0.4 is 9.64 Å². The van der Waals surface area contributed by atoms with Crippen molar-refractivity contribution in [1.82, 2.24) is 19.8 Å². The first-order valence-corrected chi connectivity index (χ1v) is 15.7. The van der Waals surface area contributed by atoms with Gasteiger partial charge in [-0.3, -0.25) is 4.79 Å². The third-order valence-corrected chi connectivity index (χ3v) is 9.69. The van der Waals surface area contributed by atoms with E-state index >= 15 is 0 Å². The third kappa shape index (κ3) is 6.23. The molecule has 11 nitrogen and oxygen atoms in total. The van der Waals surface area contributed by atoms with Crippen LogP contribution in [0.4, 0.5) is 10.7 Å². The van der Waals surface area contributed by atoms with Crippen LogP contribution in [0.5, 0.6) is 5.75 Å². The minimum absolute atomic E-state index is 0.0790. The maximum absolute atomic E-state index is 13.4. The number of anilines is 1. The summed E-state index contributed by atoms with van der Waals surface area (Å²) < 4.78 is 6.17. The van der Waals surface area contributed by atoms with Crippen LogP contribution in [0.25, 0.3) is 5.57 Å². The van der Waals surface area contributed by atoms with Crippen molar-refractivity contribution in [2.45, 2.75) is 45.4 Å². The number of nitrogens with zero attached hydrogens (tertiary/aromatic N) is 6. The molecule has 2 amide bonds. The highest BCUT2D eigenvalue weighted by atomic mass is 16.6. The normalized spacial score (nSPS) is 22.6. The van der Waals surface area contributed by atoms with E-state index < -0.39 is 11.5 Å². The number of oxime groups is 1. The lowest BCUT2D eigenvalue weighted by Crippen LogP contribution is -2.62. The van der Waals surface area contributed by atoms with Crippen molar-refractivity contribution in [3.63, 3.8) is 0 Å². The summed E-state index contributed by atoms with van der Waals surface area (Å²) >= 11 is 0. The molecule has 11 heteroatoms. The molecule has 234 valence electrons. The number of amides is 2. The van der Waals surface area contributed by atoms with Gasteiger partial charge in [-0.1, -0.05) is 30.3 Å². The van der Waals surface area contributed by atoms with Gasteiger partial charge in [0.15, 0.2) is 0 Å². The Bertz CT molecular complexity index is 1390. The monoisotopic (exact) mass is 602 g/mol. The smallest absolute Gasteiger partial charge is 0.407 e. The van der Waals surface area contributed by atoms with Crippen molar-refractivity contribution in [3.05, 3.63) is 53.9 Å². The quantitative estimate of drug-likeness (QED) is 0.443. The van der Waals surface area contributed by atoms with Gasteiger partial charge in [-0.25, -0.2) is 14.8 Å². The van der Waals surface area contributed by atoms with Gasteiger partial charge in [-0.2, -0.15) is 0 Å². The van der Waals surface area contributed by atoms with E-state index in [0.29, 0.717) is 45.1 Å². The Labute approximate surface area is 258 Å². The first-order valence-electron chi connectivity index (χ1n) is 15.7. The van der Waals surface area contributed by atoms with Crippen LogP contribution in [0.2, 0.25) is 0 Å². The number of carbonyl (C=O) groups is 2. The second-order valence-electron chi connectivity index (χ2n) is 12.5. The molecule has 0 bridgehead atoms. The fourth-order valence-electron chi connectivity index (χ4n) is 6.91. The SMILES string of the molecule is CCc1cnc(N2CCC(COc3ccc(C4=CCC(C(=O)N5CC(=NOC)C6(CN(C(=O)O)C6)C5)CC4)cc3)CC2)nc1. The van der Waals surface area contributed by atoms with Gasteiger partial charge in [-0.05, 0) is 73.3 Å². The second kappa shape index (κ2) is 12.8. The van der Waals surface area contributed by atoms with Gasteiger partial charge in [0.1, 0.15) is 12.9 Å². The summed E-state index contributed by atoms with van der Waals surface area (Å²) in [7, 11) is 1.48. The van der Waals surface area contributed by atoms with Crippen LogP contribution in [-0.4, -0.2) is 95.6 Å². The Hall–Kier alpha value is -4.15. The lowest BCUT2D eigenvalue weighted by atomic mass is 9.78. The number of rotatable bonds is 8. The van der Waals surface area contributed by atoms with Crippen molar-refractivity contribution in [2.24, 2.45) is 22.4 Å². The zero-order chi connectivity index (χ0) is 30.7. The standard InChI is InChI=1S/C33H42N6O5/c1-3-23-16-34-31(35-17-23)37-14-12-24(13-15-37)19-44-28-10-8-26(9-11-28)25-4-6-27(7-5-25)30(40)38-18-29(36-43-2)33(20-38)21-39(22-33)32(41)42/h4,8-11,16-17,24,27H,3,5-7,12-15,18-22H2,1-2H3,(H,41,42). The van der Waals surface area contributed by atoms with Gasteiger partial charge in [0, 0.05) is 51.0 Å². The average molecular weight is 603 g/mol. The molecule has 3 fully saturated rings. The Kier molecular flexibility index (Phi) is 8.72. The molecule has 1 spiro atoms. The fraction of sp³-hybridized carbons (Fsp3) is 0.545. The molecule has 1 aromatic carbocycles. The summed E-state index contributed by atoms with van der Waals surface area (Å²) in [6.07, 6.45) is 10.5. The molecular weight excluding hydrogens is 560 g/mol. The highest BCUT2D eigenvalue weighted by molar-refractivity contribution is 6.00. The van der Waals surface area contributed by atoms with Crippen LogP contribution in [0.1, 0.15) is 50.2 Å². The van der Waals surface area contributed by atoms with Crippen molar-refractivity contribution in [2.75, 3.05) is 57.9 Å². The Morgan fingerprint density at radius 3 is 2.36 bits per heavy atom. The summed E-state index contributed by atoms with van der Waals surface area (Å²) in [6, 6.07) is 8.33. The number of piperidine rings is 1. The Balaban J connectivity index is 0.964. The number of benzene rings is 1. The molecule has 1 atom stereocenters. The second-order valence-corrected chi connectivity index (χ2v) is 12.5. The first-order chi connectivity index (χ1) is 21.4. The average Bonchev–Trinajstić information content (AvgIpc) is 3.43. The van der Waals surface area contributed by atoms with Crippen molar-refractivity contribution in [1.29, 1.82) is 0 Å². The van der Waals surface area contributed by atoms with E-state index in [-0.39, 0.29) is 11.8 Å². The maximum atomic E-state index is 13.4. The Morgan fingerprint density at radius 1 is 1.05 bits per heavy atom. The fourth-order valence-corrected chi connectivity index (χ4v) is 6.91.